The number of ketones is 1. The van der Waals surface area contributed by atoms with Gasteiger partial charge in [-0.2, -0.15) is 0 Å². The van der Waals surface area contributed by atoms with Crippen molar-refractivity contribution in [3.05, 3.63) is 84.4 Å². The van der Waals surface area contributed by atoms with Gasteiger partial charge in [0, 0.05) is 18.4 Å². The molecule has 0 aliphatic heterocycles. The molecule has 0 spiro atoms. The predicted molar refractivity (Wildman–Crippen MR) is 103 cm³/mol. The Morgan fingerprint density at radius 2 is 1.08 bits per heavy atom. The Morgan fingerprint density at radius 3 is 1.58 bits per heavy atom. The second-order valence-corrected chi connectivity index (χ2v) is 6.19. The maximum Gasteiger partial charge on any atom is 0.303 e. The van der Waals surface area contributed by atoms with Crippen LogP contribution in [-0.4, -0.2) is 16.9 Å². The Kier molecular flexibility index (Phi) is 5.59. The Morgan fingerprint density at radius 1 is 0.615 bits per heavy atom. The summed E-state index contributed by atoms with van der Waals surface area (Å²) in [7, 11) is 0. The summed E-state index contributed by atoms with van der Waals surface area (Å²) in [5, 5.41) is 8.64. The number of carboxylic acid groups (broad SMARTS) is 1. The minimum atomic E-state index is -0.868. The summed E-state index contributed by atoms with van der Waals surface area (Å²) in [6.07, 6.45) is 0.659. The summed E-state index contributed by atoms with van der Waals surface area (Å²) in [5.74, 6) is -0.885. The minimum absolute atomic E-state index is 0.0165. The molecule has 0 saturated carbocycles. The van der Waals surface area contributed by atoms with Crippen molar-refractivity contribution in [2.75, 3.05) is 0 Å². The molecule has 3 rings (SSSR count). The monoisotopic (exact) mass is 344 g/mol. The van der Waals surface area contributed by atoms with Crippen LogP contribution in [0.15, 0.2) is 78.9 Å². The largest absolute Gasteiger partial charge is 0.481 e. The lowest BCUT2D eigenvalue weighted by atomic mass is 9.98. The first kappa shape index (κ1) is 17.6. The fourth-order valence-corrected chi connectivity index (χ4v) is 2.88. The second kappa shape index (κ2) is 8.26. The predicted octanol–water partition coefficient (Wildman–Crippen LogP) is 5.46. The number of carbonyl (C=O) groups excluding carboxylic acids is 1. The minimum Gasteiger partial charge on any atom is -0.481 e. The Labute approximate surface area is 152 Å². The molecule has 0 aliphatic carbocycles. The van der Waals surface area contributed by atoms with Crippen LogP contribution < -0.4 is 0 Å². The molecule has 3 aromatic rings. The average molecular weight is 344 g/mol. The van der Waals surface area contributed by atoms with Gasteiger partial charge in [0.15, 0.2) is 5.78 Å². The van der Waals surface area contributed by atoms with E-state index in [2.05, 4.69) is 36.4 Å². The van der Waals surface area contributed by atoms with E-state index >= 15 is 0 Å². The third-order valence-corrected chi connectivity index (χ3v) is 4.33. The highest BCUT2D eigenvalue weighted by Gasteiger charge is 2.08. The Balaban J connectivity index is 1.68. The molecule has 0 atom stereocenters. The number of aliphatic carboxylic acids is 1. The highest BCUT2D eigenvalue weighted by atomic mass is 16.4. The fraction of sp³-hybridized carbons (Fsp3) is 0.130. The van der Waals surface area contributed by atoms with Crippen LogP contribution in [0.25, 0.3) is 22.3 Å². The molecule has 0 radical (unpaired) electrons. The van der Waals surface area contributed by atoms with Crippen molar-refractivity contribution >= 4 is 11.8 Å². The molecule has 0 fully saturated rings. The summed E-state index contributed by atoms with van der Waals surface area (Å²) in [6.45, 7) is 0. The molecule has 0 saturated heterocycles. The van der Waals surface area contributed by atoms with Crippen LogP contribution in [0.3, 0.4) is 0 Å². The van der Waals surface area contributed by atoms with E-state index < -0.39 is 5.97 Å². The number of Topliss-reactive ketones (excluding diaryl/α,β-unsaturated/α-hetero) is 1. The molecule has 3 heteroatoms. The van der Waals surface area contributed by atoms with E-state index in [1.54, 1.807) is 0 Å². The third kappa shape index (κ3) is 4.45. The lowest BCUT2D eigenvalue weighted by molar-refractivity contribution is -0.137. The highest BCUT2D eigenvalue weighted by Crippen LogP contribution is 2.25. The second-order valence-electron chi connectivity index (χ2n) is 6.19. The SMILES string of the molecule is O=C(O)CCCC(=O)c1ccc(-c2ccc(-c3ccccc3)cc2)cc1. The first-order valence-electron chi connectivity index (χ1n) is 8.64. The van der Waals surface area contributed by atoms with Crippen LogP contribution in [0.2, 0.25) is 0 Å². The number of carboxylic acids is 1. The normalized spacial score (nSPS) is 10.5. The van der Waals surface area contributed by atoms with Gasteiger partial charge in [0.1, 0.15) is 0 Å². The van der Waals surface area contributed by atoms with Crippen molar-refractivity contribution in [3.8, 4) is 22.3 Å². The van der Waals surface area contributed by atoms with Gasteiger partial charge in [0.05, 0.1) is 0 Å². The standard InChI is InChI=1S/C23H20O3/c24-22(7-4-8-23(25)26)21-15-13-20(14-16-21)19-11-9-18(10-12-19)17-5-2-1-3-6-17/h1-3,5-6,9-16H,4,7-8H2,(H,25,26). The van der Waals surface area contributed by atoms with Crippen molar-refractivity contribution in [2.45, 2.75) is 19.3 Å². The van der Waals surface area contributed by atoms with Crippen LogP contribution in [0.1, 0.15) is 29.6 Å². The van der Waals surface area contributed by atoms with Crippen molar-refractivity contribution in [3.63, 3.8) is 0 Å². The zero-order valence-electron chi connectivity index (χ0n) is 14.4. The molecule has 0 amide bonds. The van der Waals surface area contributed by atoms with Crippen molar-refractivity contribution in [2.24, 2.45) is 0 Å². The molecule has 0 aromatic heterocycles. The van der Waals surface area contributed by atoms with Gasteiger partial charge in [-0.25, -0.2) is 0 Å². The zero-order chi connectivity index (χ0) is 18.4. The fourth-order valence-electron chi connectivity index (χ4n) is 2.88. The van der Waals surface area contributed by atoms with E-state index in [0.29, 0.717) is 12.0 Å². The summed E-state index contributed by atoms with van der Waals surface area (Å²) in [6, 6.07) is 26.0. The third-order valence-electron chi connectivity index (χ3n) is 4.33. The van der Waals surface area contributed by atoms with Crippen molar-refractivity contribution < 1.29 is 14.7 Å². The molecule has 0 aliphatic rings. The van der Waals surface area contributed by atoms with Crippen LogP contribution in [-0.2, 0) is 4.79 Å². The molecule has 26 heavy (non-hydrogen) atoms. The molecular weight excluding hydrogens is 324 g/mol. The molecule has 0 heterocycles. The highest BCUT2D eigenvalue weighted by molar-refractivity contribution is 5.96. The summed E-state index contributed by atoms with van der Waals surface area (Å²) in [4.78, 5) is 22.6. The Bertz CT molecular complexity index is 879. The van der Waals surface area contributed by atoms with Gasteiger partial charge in [-0.3, -0.25) is 9.59 Å². The van der Waals surface area contributed by atoms with Gasteiger partial charge in [0.2, 0.25) is 0 Å². The smallest absolute Gasteiger partial charge is 0.303 e. The quantitative estimate of drug-likeness (QED) is 0.579. The van der Waals surface area contributed by atoms with Crippen LogP contribution >= 0.6 is 0 Å². The van der Waals surface area contributed by atoms with Gasteiger partial charge in [-0.1, -0.05) is 78.9 Å². The molecule has 3 aromatic carbocycles. The maximum absolute atomic E-state index is 12.1. The molecule has 1 N–H and O–H groups in total. The van der Waals surface area contributed by atoms with Gasteiger partial charge < -0.3 is 5.11 Å². The van der Waals surface area contributed by atoms with Crippen molar-refractivity contribution in [1.82, 2.24) is 0 Å². The van der Waals surface area contributed by atoms with E-state index in [1.807, 2.05) is 42.5 Å². The zero-order valence-corrected chi connectivity index (χ0v) is 14.4. The lowest BCUT2D eigenvalue weighted by Crippen LogP contribution is -2.01. The van der Waals surface area contributed by atoms with Gasteiger partial charge in [0.25, 0.3) is 0 Å². The van der Waals surface area contributed by atoms with E-state index in [0.717, 1.165) is 11.1 Å². The van der Waals surface area contributed by atoms with E-state index in [4.69, 9.17) is 5.11 Å². The van der Waals surface area contributed by atoms with E-state index in [1.165, 1.54) is 11.1 Å². The van der Waals surface area contributed by atoms with E-state index in [-0.39, 0.29) is 18.6 Å². The summed E-state index contributed by atoms with van der Waals surface area (Å²) in [5.41, 5.74) is 5.11. The topological polar surface area (TPSA) is 54.4 Å². The lowest BCUT2D eigenvalue weighted by Gasteiger charge is -2.06. The number of rotatable bonds is 7. The summed E-state index contributed by atoms with van der Waals surface area (Å²) >= 11 is 0. The average Bonchev–Trinajstić information content (AvgIpc) is 2.68. The van der Waals surface area contributed by atoms with Crippen LogP contribution in [0, 0.1) is 0 Å². The number of carbonyl (C=O) groups is 2. The van der Waals surface area contributed by atoms with Crippen LogP contribution in [0.4, 0.5) is 0 Å². The van der Waals surface area contributed by atoms with E-state index in [9.17, 15) is 9.59 Å². The van der Waals surface area contributed by atoms with Gasteiger partial charge in [-0.05, 0) is 28.7 Å². The van der Waals surface area contributed by atoms with Crippen LogP contribution in [0.5, 0.6) is 0 Å². The molecular formula is C23H20O3. The molecule has 0 bridgehead atoms. The van der Waals surface area contributed by atoms with Gasteiger partial charge >= 0.3 is 5.97 Å². The number of hydrogen-bond donors (Lipinski definition) is 1. The molecule has 3 nitrogen and oxygen atoms in total. The Hall–Kier alpha value is -3.20. The first-order chi connectivity index (χ1) is 12.6. The summed E-state index contributed by atoms with van der Waals surface area (Å²) < 4.78 is 0. The van der Waals surface area contributed by atoms with Crippen molar-refractivity contribution in [1.29, 1.82) is 0 Å². The first-order valence-corrected chi connectivity index (χ1v) is 8.64. The maximum atomic E-state index is 12.1. The number of benzene rings is 3. The molecule has 0 unspecified atom stereocenters. The molecule has 130 valence electrons. The number of hydrogen-bond acceptors (Lipinski definition) is 2. The van der Waals surface area contributed by atoms with Gasteiger partial charge in [-0.15, -0.1) is 0 Å².